The number of hydrogen-bond acceptors (Lipinski definition) is 2. The fourth-order valence-corrected chi connectivity index (χ4v) is 1.24. The van der Waals surface area contributed by atoms with E-state index in [0.29, 0.717) is 13.0 Å². The molecule has 0 aliphatic heterocycles. The van der Waals surface area contributed by atoms with E-state index < -0.39 is 0 Å². The first-order valence-corrected chi connectivity index (χ1v) is 5.70. The van der Waals surface area contributed by atoms with Crippen LogP contribution in [-0.4, -0.2) is 12.6 Å². The van der Waals surface area contributed by atoms with Gasteiger partial charge in [-0.3, -0.25) is 4.79 Å². The minimum atomic E-state index is -0.152. The predicted molar refractivity (Wildman–Crippen MR) is 66.0 cm³/mol. The molecule has 0 atom stereocenters. The summed E-state index contributed by atoms with van der Waals surface area (Å²) in [6.07, 6.45) is 6.10. The van der Waals surface area contributed by atoms with E-state index in [2.05, 4.69) is 6.92 Å². The average Bonchev–Trinajstić information content (AvgIpc) is 2.31. The van der Waals surface area contributed by atoms with Crippen LogP contribution in [0.4, 0.5) is 0 Å². The fourth-order valence-electron chi connectivity index (χ4n) is 1.24. The van der Waals surface area contributed by atoms with Gasteiger partial charge < -0.3 is 4.74 Å². The van der Waals surface area contributed by atoms with Crippen molar-refractivity contribution < 1.29 is 9.53 Å². The van der Waals surface area contributed by atoms with E-state index in [0.717, 1.165) is 18.4 Å². The first-order chi connectivity index (χ1) is 7.83. The van der Waals surface area contributed by atoms with Gasteiger partial charge in [-0.15, -0.1) is 0 Å². The largest absolute Gasteiger partial charge is 0.465 e. The first-order valence-electron chi connectivity index (χ1n) is 5.70. The van der Waals surface area contributed by atoms with E-state index in [9.17, 15) is 4.79 Å². The van der Waals surface area contributed by atoms with Crippen LogP contribution < -0.4 is 0 Å². The van der Waals surface area contributed by atoms with Gasteiger partial charge in [0.15, 0.2) is 0 Å². The van der Waals surface area contributed by atoms with Crippen LogP contribution in [0.25, 0.3) is 6.08 Å². The van der Waals surface area contributed by atoms with Crippen LogP contribution in [0, 0.1) is 0 Å². The van der Waals surface area contributed by atoms with E-state index in [-0.39, 0.29) is 5.97 Å². The van der Waals surface area contributed by atoms with Gasteiger partial charge >= 0.3 is 5.97 Å². The summed E-state index contributed by atoms with van der Waals surface area (Å²) in [4.78, 5) is 11.2. The van der Waals surface area contributed by atoms with Crippen LogP contribution in [0.2, 0.25) is 0 Å². The molecule has 0 N–H and O–H groups in total. The SMILES string of the molecule is CCCCOC(=O)CC=Cc1ccccc1. The second-order valence-electron chi connectivity index (χ2n) is 3.59. The molecule has 0 amide bonds. The predicted octanol–water partition coefficient (Wildman–Crippen LogP) is 3.43. The van der Waals surface area contributed by atoms with Crippen molar-refractivity contribution in [3.63, 3.8) is 0 Å². The average molecular weight is 218 g/mol. The Labute approximate surface area is 96.9 Å². The van der Waals surface area contributed by atoms with Gasteiger partial charge in [0.05, 0.1) is 13.0 Å². The van der Waals surface area contributed by atoms with Gasteiger partial charge in [-0.05, 0) is 12.0 Å². The Morgan fingerprint density at radius 3 is 2.75 bits per heavy atom. The van der Waals surface area contributed by atoms with Crippen molar-refractivity contribution in [1.29, 1.82) is 0 Å². The summed E-state index contributed by atoms with van der Waals surface area (Å²) in [6, 6.07) is 9.91. The fraction of sp³-hybridized carbons (Fsp3) is 0.357. The molecule has 0 unspecified atom stereocenters. The number of ether oxygens (including phenoxy) is 1. The van der Waals surface area contributed by atoms with Crippen LogP contribution in [-0.2, 0) is 9.53 Å². The third-order valence-corrected chi connectivity index (χ3v) is 2.16. The lowest BCUT2D eigenvalue weighted by Crippen LogP contribution is -2.03. The third-order valence-electron chi connectivity index (χ3n) is 2.16. The molecule has 1 aromatic carbocycles. The number of unbranched alkanes of at least 4 members (excludes halogenated alkanes) is 1. The second-order valence-corrected chi connectivity index (χ2v) is 3.59. The standard InChI is InChI=1S/C14H18O2/c1-2-3-12-16-14(15)11-7-10-13-8-5-4-6-9-13/h4-10H,2-3,11-12H2,1H3. The highest BCUT2D eigenvalue weighted by atomic mass is 16.5. The molecule has 0 saturated carbocycles. The van der Waals surface area contributed by atoms with Gasteiger partial charge in [0.2, 0.25) is 0 Å². The lowest BCUT2D eigenvalue weighted by molar-refractivity contribution is -0.142. The normalized spacial score (nSPS) is 10.6. The summed E-state index contributed by atoms with van der Waals surface area (Å²) in [5.74, 6) is -0.152. The van der Waals surface area contributed by atoms with Crippen molar-refractivity contribution in [2.75, 3.05) is 6.61 Å². The van der Waals surface area contributed by atoms with Crippen molar-refractivity contribution in [1.82, 2.24) is 0 Å². The molecule has 2 heteroatoms. The highest BCUT2D eigenvalue weighted by molar-refractivity contribution is 5.72. The molecule has 1 aromatic rings. The Hall–Kier alpha value is -1.57. The number of carbonyl (C=O) groups excluding carboxylic acids is 1. The zero-order valence-corrected chi connectivity index (χ0v) is 9.69. The van der Waals surface area contributed by atoms with Crippen LogP contribution in [0.15, 0.2) is 36.4 Å². The molecule has 16 heavy (non-hydrogen) atoms. The Balaban J connectivity index is 2.24. The molecule has 0 spiro atoms. The second kappa shape index (κ2) is 7.69. The summed E-state index contributed by atoms with van der Waals surface area (Å²) in [6.45, 7) is 2.61. The van der Waals surface area contributed by atoms with Crippen LogP contribution in [0.3, 0.4) is 0 Å². The zero-order chi connectivity index (χ0) is 11.6. The van der Waals surface area contributed by atoms with Gasteiger partial charge in [-0.2, -0.15) is 0 Å². The van der Waals surface area contributed by atoms with Crippen LogP contribution >= 0.6 is 0 Å². The van der Waals surface area contributed by atoms with E-state index in [1.807, 2.05) is 42.5 Å². The smallest absolute Gasteiger partial charge is 0.309 e. The summed E-state index contributed by atoms with van der Waals surface area (Å²) in [7, 11) is 0. The Bertz CT molecular complexity index is 328. The summed E-state index contributed by atoms with van der Waals surface area (Å²) in [5.41, 5.74) is 1.10. The summed E-state index contributed by atoms with van der Waals surface area (Å²) >= 11 is 0. The molecule has 0 aliphatic rings. The number of esters is 1. The molecule has 86 valence electrons. The highest BCUT2D eigenvalue weighted by Crippen LogP contribution is 2.02. The van der Waals surface area contributed by atoms with E-state index >= 15 is 0 Å². The van der Waals surface area contributed by atoms with Crippen molar-refractivity contribution in [3.05, 3.63) is 42.0 Å². The van der Waals surface area contributed by atoms with Gasteiger partial charge in [-0.25, -0.2) is 0 Å². The van der Waals surface area contributed by atoms with Gasteiger partial charge in [0, 0.05) is 0 Å². The molecule has 0 aromatic heterocycles. The molecular formula is C14H18O2. The van der Waals surface area contributed by atoms with Gasteiger partial charge in [0.1, 0.15) is 0 Å². The molecule has 0 aliphatic carbocycles. The number of rotatable bonds is 6. The molecule has 2 nitrogen and oxygen atoms in total. The maximum Gasteiger partial charge on any atom is 0.309 e. The van der Waals surface area contributed by atoms with Crippen molar-refractivity contribution >= 4 is 12.0 Å². The number of hydrogen-bond donors (Lipinski definition) is 0. The van der Waals surface area contributed by atoms with Gasteiger partial charge in [0.25, 0.3) is 0 Å². The van der Waals surface area contributed by atoms with Crippen LogP contribution in [0.5, 0.6) is 0 Å². The topological polar surface area (TPSA) is 26.3 Å². The number of benzene rings is 1. The van der Waals surface area contributed by atoms with E-state index in [1.165, 1.54) is 0 Å². The molecule has 0 bridgehead atoms. The maximum absolute atomic E-state index is 11.2. The number of carbonyl (C=O) groups is 1. The molecule has 0 heterocycles. The first kappa shape index (κ1) is 12.5. The highest BCUT2D eigenvalue weighted by Gasteiger charge is 1.97. The molecular weight excluding hydrogens is 200 g/mol. The Morgan fingerprint density at radius 2 is 2.06 bits per heavy atom. The Kier molecular flexibility index (Phi) is 6.00. The summed E-state index contributed by atoms with van der Waals surface area (Å²) in [5, 5.41) is 0. The summed E-state index contributed by atoms with van der Waals surface area (Å²) < 4.78 is 5.03. The minimum absolute atomic E-state index is 0.152. The van der Waals surface area contributed by atoms with Crippen molar-refractivity contribution in [2.24, 2.45) is 0 Å². The van der Waals surface area contributed by atoms with Crippen molar-refractivity contribution in [2.45, 2.75) is 26.2 Å². The zero-order valence-electron chi connectivity index (χ0n) is 9.69. The quantitative estimate of drug-likeness (QED) is 0.540. The molecule has 0 saturated heterocycles. The monoisotopic (exact) mass is 218 g/mol. The Morgan fingerprint density at radius 1 is 1.31 bits per heavy atom. The lowest BCUT2D eigenvalue weighted by Gasteiger charge is -2.00. The maximum atomic E-state index is 11.2. The molecule has 1 rings (SSSR count). The molecule has 0 fully saturated rings. The van der Waals surface area contributed by atoms with Crippen molar-refractivity contribution in [3.8, 4) is 0 Å². The lowest BCUT2D eigenvalue weighted by atomic mass is 10.2. The van der Waals surface area contributed by atoms with E-state index in [4.69, 9.17) is 4.74 Å². The molecule has 0 radical (unpaired) electrons. The van der Waals surface area contributed by atoms with Gasteiger partial charge in [-0.1, -0.05) is 55.8 Å². The minimum Gasteiger partial charge on any atom is -0.465 e. The van der Waals surface area contributed by atoms with E-state index in [1.54, 1.807) is 0 Å². The third kappa shape index (κ3) is 5.35. The van der Waals surface area contributed by atoms with Crippen LogP contribution in [0.1, 0.15) is 31.7 Å².